The Morgan fingerprint density at radius 3 is 1.72 bits per heavy atom. The van der Waals surface area contributed by atoms with Gasteiger partial charge in [-0.3, -0.25) is 9.59 Å². The molecule has 2 amide bonds. The molecule has 0 saturated carbocycles. The molecule has 5 heterocycles. The van der Waals surface area contributed by atoms with Gasteiger partial charge < -0.3 is 135 Å². The van der Waals surface area contributed by atoms with E-state index in [2.05, 4.69) is 10.6 Å². The van der Waals surface area contributed by atoms with Crippen molar-refractivity contribution >= 4 is 17.8 Å². The van der Waals surface area contributed by atoms with E-state index in [1.54, 1.807) is 0 Å². The third-order valence-electron chi connectivity index (χ3n) is 12.1. The summed E-state index contributed by atoms with van der Waals surface area (Å²) in [6.45, 7) is -1.05. The molecule has 5 saturated heterocycles. The van der Waals surface area contributed by atoms with E-state index in [0.29, 0.717) is 0 Å². The molecule has 0 aliphatic carbocycles. The van der Waals surface area contributed by atoms with E-state index in [1.165, 1.54) is 6.92 Å². The molecule has 0 aromatic carbocycles. The lowest BCUT2D eigenvalue weighted by atomic mass is 9.88. The molecule has 0 spiro atoms. The molecular weight excluding hydrogens is 920 g/mol. The number of aliphatic hydroxyl groups excluding tert-OH is 15. The maximum atomic E-state index is 13.1. The molecule has 0 radical (unpaired) electrons. The zero-order valence-electron chi connectivity index (χ0n) is 36.0. The van der Waals surface area contributed by atoms with Crippen LogP contribution in [0.3, 0.4) is 0 Å². The normalized spacial score (nSPS) is 47.1. The largest absolute Gasteiger partial charge is 0.477 e. The highest BCUT2D eigenvalue weighted by Gasteiger charge is 2.61. The van der Waals surface area contributed by atoms with Crippen molar-refractivity contribution in [3.8, 4) is 0 Å². The van der Waals surface area contributed by atoms with Gasteiger partial charge in [0.2, 0.25) is 11.8 Å². The van der Waals surface area contributed by atoms with Crippen molar-refractivity contribution in [3.05, 3.63) is 0 Å². The Morgan fingerprint density at radius 1 is 0.612 bits per heavy atom. The molecule has 1 unspecified atom stereocenters. The van der Waals surface area contributed by atoms with E-state index < -0.39 is 210 Å². The Morgan fingerprint density at radius 2 is 1.15 bits per heavy atom. The van der Waals surface area contributed by atoms with Crippen molar-refractivity contribution in [2.24, 2.45) is 0 Å². The van der Waals surface area contributed by atoms with Crippen molar-refractivity contribution < 1.29 is 139 Å². The van der Waals surface area contributed by atoms with Crippen LogP contribution < -0.4 is 10.6 Å². The molecule has 30 nitrogen and oxygen atoms in total. The van der Waals surface area contributed by atoms with Crippen LogP contribution in [0.25, 0.3) is 0 Å². The highest BCUT2D eigenvalue weighted by molar-refractivity contribution is 5.76. The summed E-state index contributed by atoms with van der Waals surface area (Å²) in [5, 5.41) is 175. The van der Waals surface area contributed by atoms with Gasteiger partial charge in [-0.15, -0.1) is 0 Å². The van der Waals surface area contributed by atoms with E-state index in [4.69, 9.17) is 42.6 Å². The molecule has 0 aromatic rings. The molecule has 5 aliphatic rings. The van der Waals surface area contributed by atoms with Crippen LogP contribution in [-0.4, -0.2) is 285 Å². The Bertz CT molecular complexity index is 1640. The summed E-state index contributed by atoms with van der Waals surface area (Å²) in [5.74, 6) is -7.02. The van der Waals surface area contributed by atoms with Gasteiger partial charge in [0.25, 0.3) is 5.79 Å². The SMILES string of the molecule is CC(=O)N[C@H]1[C@H](O[C@H]2[C@H](O)[C@@H](O)C(O)O[C@@H]2CO)O[C@H](CO)[C@@H](O[C@@H]2O[C@@H](C)[C@@H](O)[C@@H](O)[C@@H]2O)[C@@H]1O[C@@H]1O[C@H](CO)[C@H](O)[C@H](O[C@]2(C(=O)O)C[C@H](O)[C@@H](NC(C)=O)[C@H]([C@H](O)[C@H](O)CO)O2)[C@H]1O. The summed E-state index contributed by atoms with van der Waals surface area (Å²) in [4.78, 5) is 38.0. The van der Waals surface area contributed by atoms with Crippen molar-refractivity contribution in [1.82, 2.24) is 10.6 Å². The second-order valence-corrected chi connectivity index (χ2v) is 16.8. The fourth-order valence-electron chi connectivity index (χ4n) is 8.48. The summed E-state index contributed by atoms with van der Waals surface area (Å²) in [6, 6.07) is -3.51. The minimum atomic E-state index is -3.21. The number of carboxylic acids is 1. The van der Waals surface area contributed by atoms with Gasteiger partial charge in [0, 0.05) is 20.3 Å². The number of nitrogens with one attached hydrogen (secondary N) is 2. The fraction of sp³-hybridized carbons (Fsp3) is 0.919. The Balaban J connectivity index is 1.57. The minimum absolute atomic E-state index is 0.821. The predicted octanol–water partition coefficient (Wildman–Crippen LogP) is -11.4. The van der Waals surface area contributed by atoms with Gasteiger partial charge >= 0.3 is 5.97 Å². The summed E-state index contributed by atoms with van der Waals surface area (Å²) in [5.41, 5.74) is 0. The van der Waals surface area contributed by atoms with Gasteiger partial charge in [-0.25, -0.2) is 4.79 Å². The molecule has 0 bridgehead atoms. The predicted molar refractivity (Wildman–Crippen MR) is 206 cm³/mol. The van der Waals surface area contributed by atoms with Crippen LogP contribution in [0, 0.1) is 0 Å². The van der Waals surface area contributed by atoms with Crippen LogP contribution in [0.1, 0.15) is 27.2 Å². The first-order valence-corrected chi connectivity index (χ1v) is 21.1. The van der Waals surface area contributed by atoms with Crippen LogP contribution in [0.2, 0.25) is 0 Å². The molecule has 5 rings (SSSR count). The van der Waals surface area contributed by atoms with Crippen LogP contribution >= 0.6 is 0 Å². The van der Waals surface area contributed by atoms with Gasteiger partial charge in [-0.1, -0.05) is 0 Å². The van der Waals surface area contributed by atoms with Crippen LogP contribution in [0.5, 0.6) is 0 Å². The first-order chi connectivity index (χ1) is 31.4. The molecule has 26 atom stereocenters. The number of hydrogen-bond donors (Lipinski definition) is 18. The highest BCUT2D eigenvalue weighted by Crippen LogP contribution is 2.40. The third-order valence-corrected chi connectivity index (χ3v) is 12.1. The average Bonchev–Trinajstić information content (AvgIpc) is 3.28. The topological polar surface area (TPSA) is 482 Å². The van der Waals surface area contributed by atoms with E-state index in [0.717, 1.165) is 13.8 Å². The molecule has 5 fully saturated rings. The van der Waals surface area contributed by atoms with Gasteiger partial charge in [0.15, 0.2) is 25.2 Å². The molecule has 67 heavy (non-hydrogen) atoms. The maximum Gasteiger partial charge on any atom is 0.364 e. The molecule has 5 aliphatic heterocycles. The Kier molecular flexibility index (Phi) is 19.1. The molecular formula is C37H62N2O28. The third kappa shape index (κ3) is 11.8. The van der Waals surface area contributed by atoms with E-state index in [-0.39, 0.29) is 0 Å². The molecule has 0 aromatic heterocycles. The number of carbonyl (C=O) groups excluding carboxylic acids is 2. The minimum Gasteiger partial charge on any atom is -0.477 e. The second-order valence-electron chi connectivity index (χ2n) is 16.8. The first kappa shape index (κ1) is 55.4. The zero-order chi connectivity index (χ0) is 50.0. The van der Waals surface area contributed by atoms with Crippen molar-refractivity contribution in [2.75, 3.05) is 26.4 Å². The number of carboxylic acid groups (broad SMARTS) is 1. The van der Waals surface area contributed by atoms with Crippen LogP contribution in [0.15, 0.2) is 0 Å². The number of ether oxygens (including phenoxy) is 9. The lowest BCUT2D eigenvalue weighted by Gasteiger charge is -2.52. The molecule has 388 valence electrons. The van der Waals surface area contributed by atoms with Gasteiger partial charge in [0.1, 0.15) is 110 Å². The zero-order valence-corrected chi connectivity index (χ0v) is 36.0. The average molecular weight is 983 g/mol. The summed E-state index contributed by atoms with van der Waals surface area (Å²) in [7, 11) is 0. The summed E-state index contributed by atoms with van der Waals surface area (Å²) in [6.07, 6.45) is -46.7. The summed E-state index contributed by atoms with van der Waals surface area (Å²) >= 11 is 0. The number of amides is 2. The monoisotopic (exact) mass is 982 g/mol. The second kappa shape index (κ2) is 23.1. The van der Waals surface area contributed by atoms with Gasteiger partial charge in [0.05, 0.1) is 44.7 Å². The van der Waals surface area contributed by atoms with E-state index in [1.807, 2.05) is 0 Å². The lowest BCUT2D eigenvalue weighted by molar-refractivity contribution is -0.395. The van der Waals surface area contributed by atoms with Gasteiger partial charge in [-0.05, 0) is 6.92 Å². The Hall–Kier alpha value is -2.55. The molecule has 18 N–H and O–H groups in total. The fourth-order valence-corrected chi connectivity index (χ4v) is 8.48. The van der Waals surface area contributed by atoms with Crippen LogP contribution in [-0.2, 0) is 57.0 Å². The number of carbonyl (C=O) groups is 3. The van der Waals surface area contributed by atoms with Crippen molar-refractivity contribution in [1.29, 1.82) is 0 Å². The number of rotatable bonds is 17. The van der Waals surface area contributed by atoms with E-state index >= 15 is 0 Å². The number of aliphatic carboxylic acids is 1. The standard InChI is InChI=1S/C37H62N2O28/c1-9-19(48)22(51)25(54)34(59-9)64-28-16(8-43)62-33(63-27-15(7-42)60-32(56)24(53)23(27)52)18(39-11(3)45)30(28)65-35-26(55)31(21(50)14(6-41)61-35)67-37(36(57)58)4-12(46)17(38-10(2)44)29(66-37)20(49)13(47)5-40/h9,12-35,40-43,46-56H,4-8H2,1-3H3,(H,38,44)(H,39,45)(H,57,58)/t9-,12-,13+,14+,15+,16+,17+,18+,19+,20+,21-,22+,23+,24+,25-,26+,27+,28+,29+,30+,31-,32?,33-,34-,35-,37-/m0/s1. The smallest absolute Gasteiger partial charge is 0.364 e. The van der Waals surface area contributed by atoms with E-state index in [9.17, 15) is 96.1 Å². The Labute approximate surface area is 379 Å². The highest BCUT2D eigenvalue weighted by atomic mass is 16.8. The summed E-state index contributed by atoms with van der Waals surface area (Å²) < 4.78 is 52.0. The molecule has 30 heteroatoms. The first-order valence-electron chi connectivity index (χ1n) is 21.1. The van der Waals surface area contributed by atoms with Crippen LogP contribution in [0.4, 0.5) is 0 Å². The number of aliphatic hydroxyl groups is 15. The quantitative estimate of drug-likeness (QED) is 0.0643. The number of hydrogen-bond acceptors (Lipinski definition) is 27. The van der Waals surface area contributed by atoms with Gasteiger partial charge in [-0.2, -0.15) is 0 Å². The lowest BCUT2D eigenvalue weighted by Crippen LogP contribution is -2.72. The maximum absolute atomic E-state index is 13.1. The van der Waals surface area contributed by atoms with Crippen molar-refractivity contribution in [3.63, 3.8) is 0 Å². The van der Waals surface area contributed by atoms with Crippen molar-refractivity contribution in [2.45, 2.75) is 186 Å².